The second kappa shape index (κ2) is 5.47. The Morgan fingerprint density at radius 1 is 1.30 bits per heavy atom. The molecule has 1 aromatic carbocycles. The number of hydrogen-bond donors (Lipinski definition) is 0. The van der Waals surface area contributed by atoms with Gasteiger partial charge in [0.1, 0.15) is 0 Å². The topological polar surface area (TPSA) is 90.2 Å². The van der Waals surface area contributed by atoms with Crippen molar-refractivity contribution in [3.05, 3.63) is 35.2 Å². The van der Waals surface area contributed by atoms with E-state index < -0.39 is 5.97 Å². The molecule has 0 N–H and O–H groups in total. The number of rotatable bonds is 4. The third-order valence-corrected chi connectivity index (χ3v) is 2.60. The van der Waals surface area contributed by atoms with Crippen LogP contribution in [0, 0.1) is 13.8 Å². The molecule has 0 aliphatic rings. The highest BCUT2D eigenvalue weighted by molar-refractivity contribution is 5.86. The first-order valence-corrected chi connectivity index (χ1v) is 5.76. The molecule has 0 spiro atoms. The summed E-state index contributed by atoms with van der Waals surface area (Å²) in [5.74, 6) is -0.912. The number of carbonyl (C=O) groups is 2. The average molecular weight is 275 g/mol. The van der Waals surface area contributed by atoms with E-state index in [0.717, 1.165) is 20.9 Å². The molecule has 0 saturated heterocycles. The fourth-order valence-corrected chi connectivity index (χ4v) is 1.84. The molecule has 104 valence electrons. The minimum atomic E-state index is -0.730. The highest BCUT2D eigenvalue weighted by Gasteiger charge is 2.21. The van der Waals surface area contributed by atoms with Gasteiger partial charge < -0.3 is 4.74 Å². The number of amides is 1. The van der Waals surface area contributed by atoms with Crippen LogP contribution in [0.2, 0.25) is 0 Å². The van der Waals surface area contributed by atoms with E-state index in [1.807, 2.05) is 19.9 Å². The summed E-state index contributed by atoms with van der Waals surface area (Å²) in [5, 5.41) is 11.7. The number of carbonyl (C=O) groups excluding carboxylic acids is 2. The van der Waals surface area contributed by atoms with Gasteiger partial charge in [-0.05, 0) is 47.5 Å². The van der Waals surface area contributed by atoms with Gasteiger partial charge in [0, 0.05) is 0 Å². The first kappa shape index (κ1) is 13.7. The van der Waals surface area contributed by atoms with Gasteiger partial charge in [0.25, 0.3) is 5.82 Å². The van der Waals surface area contributed by atoms with Crippen LogP contribution in [-0.2, 0) is 9.53 Å². The van der Waals surface area contributed by atoms with Gasteiger partial charge in [-0.15, -0.1) is 4.79 Å². The van der Waals surface area contributed by atoms with Crippen molar-refractivity contribution in [3.8, 4) is 0 Å². The molecule has 2 aromatic rings. The maximum atomic E-state index is 11.6. The van der Waals surface area contributed by atoms with Crippen molar-refractivity contribution in [1.82, 2.24) is 20.3 Å². The van der Waals surface area contributed by atoms with Crippen LogP contribution < -0.4 is 5.01 Å². The van der Waals surface area contributed by atoms with Gasteiger partial charge in [0.15, 0.2) is 0 Å². The lowest BCUT2D eigenvalue weighted by Gasteiger charge is -2.18. The molecular weight excluding hydrogens is 262 g/mol. The summed E-state index contributed by atoms with van der Waals surface area (Å²) in [7, 11) is 1.21. The molecule has 0 atom stereocenters. The van der Waals surface area contributed by atoms with E-state index >= 15 is 0 Å². The Hall–Kier alpha value is -2.77. The number of aryl methyl sites for hydroxylation is 2. The van der Waals surface area contributed by atoms with Gasteiger partial charge in [-0.3, -0.25) is 4.79 Å². The van der Waals surface area contributed by atoms with Crippen LogP contribution in [0.15, 0.2) is 18.2 Å². The van der Waals surface area contributed by atoms with E-state index in [2.05, 4.69) is 20.3 Å². The van der Waals surface area contributed by atoms with Crippen molar-refractivity contribution in [3.63, 3.8) is 0 Å². The second-order valence-electron chi connectivity index (χ2n) is 4.18. The molecule has 8 heteroatoms. The number of esters is 1. The monoisotopic (exact) mass is 275 g/mol. The molecule has 0 saturated carbocycles. The SMILES string of the molecule is COC(=O)c1nnnn1N(C=O)c1cc(C)cc(C)c1. The molecule has 1 aromatic heterocycles. The van der Waals surface area contributed by atoms with Crippen LogP contribution in [0.5, 0.6) is 0 Å². The second-order valence-corrected chi connectivity index (χ2v) is 4.18. The smallest absolute Gasteiger partial charge is 0.379 e. The van der Waals surface area contributed by atoms with Crippen LogP contribution in [0.1, 0.15) is 21.7 Å². The van der Waals surface area contributed by atoms with Crippen molar-refractivity contribution in [2.75, 3.05) is 12.1 Å². The zero-order valence-electron chi connectivity index (χ0n) is 11.3. The minimum Gasteiger partial charge on any atom is -0.463 e. The summed E-state index contributed by atoms with van der Waals surface area (Å²) in [5.41, 5.74) is 2.49. The Balaban J connectivity index is 2.50. The van der Waals surface area contributed by atoms with Gasteiger partial charge in [-0.2, -0.15) is 5.01 Å². The summed E-state index contributed by atoms with van der Waals surface area (Å²) in [4.78, 5) is 23.9. The number of benzene rings is 1. The number of methoxy groups -OCH3 is 1. The molecule has 0 aliphatic heterocycles. The first-order chi connectivity index (χ1) is 9.56. The van der Waals surface area contributed by atoms with E-state index in [0.29, 0.717) is 12.1 Å². The molecule has 1 amide bonds. The van der Waals surface area contributed by atoms with Crippen LogP contribution >= 0.6 is 0 Å². The molecule has 2 rings (SSSR count). The lowest BCUT2D eigenvalue weighted by molar-refractivity contribution is -0.108. The van der Waals surface area contributed by atoms with Crippen LogP contribution in [-0.4, -0.2) is 39.8 Å². The maximum absolute atomic E-state index is 11.6. The van der Waals surface area contributed by atoms with E-state index in [9.17, 15) is 9.59 Å². The minimum absolute atomic E-state index is 0.182. The molecule has 1 heterocycles. The summed E-state index contributed by atoms with van der Waals surface area (Å²) in [6.07, 6.45) is 0.525. The van der Waals surface area contributed by atoms with Crippen LogP contribution in [0.25, 0.3) is 0 Å². The summed E-state index contributed by atoms with van der Waals surface area (Å²) >= 11 is 0. The van der Waals surface area contributed by atoms with E-state index in [-0.39, 0.29) is 5.82 Å². The van der Waals surface area contributed by atoms with Crippen molar-refractivity contribution in [2.24, 2.45) is 0 Å². The van der Waals surface area contributed by atoms with E-state index in [1.165, 1.54) is 7.11 Å². The van der Waals surface area contributed by atoms with Crippen molar-refractivity contribution < 1.29 is 14.3 Å². The Morgan fingerprint density at radius 2 is 1.95 bits per heavy atom. The Morgan fingerprint density at radius 3 is 2.50 bits per heavy atom. The zero-order valence-corrected chi connectivity index (χ0v) is 11.3. The highest BCUT2D eigenvalue weighted by atomic mass is 16.5. The third-order valence-electron chi connectivity index (χ3n) is 2.60. The predicted octanol–water partition coefficient (Wildman–Crippen LogP) is 0.503. The number of nitrogens with zero attached hydrogens (tertiary/aromatic N) is 5. The fourth-order valence-electron chi connectivity index (χ4n) is 1.84. The Bertz CT molecular complexity index is 632. The number of ether oxygens (including phenoxy) is 1. The number of hydrogen-bond acceptors (Lipinski definition) is 6. The van der Waals surface area contributed by atoms with Gasteiger partial charge >= 0.3 is 5.97 Å². The summed E-state index contributed by atoms with van der Waals surface area (Å²) in [6, 6.07) is 5.53. The maximum Gasteiger partial charge on any atom is 0.379 e. The number of aromatic nitrogens is 4. The third kappa shape index (κ3) is 2.48. The predicted molar refractivity (Wildman–Crippen MR) is 69.0 cm³/mol. The summed E-state index contributed by atoms with van der Waals surface area (Å²) in [6.45, 7) is 3.81. The highest BCUT2D eigenvalue weighted by Crippen LogP contribution is 2.18. The van der Waals surface area contributed by atoms with Gasteiger partial charge in [-0.1, -0.05) is 11.2 Å². The van der Waals surface area contributed by atoms with E-state index in [1.54, 1.807) is 12.1 Å². The Kier molecular flexibility index (Phi) is 3.74. The van der Waals surface area contributed by atoms with Crippen molar-refractivity contribution >= 4 is 18.1 Å². The molecule has 0 unspecified atom stereocenters. The summed E-state index contributed by atoms with van der Waals surface area (Å²) < 4.78 is 4.57. The largest absolute Gasteiger partial charge is 0.463 e. The molecule has 0 fully saturated rings. The molecular formula is C12H13N5O3. The molecule has 0 radical (unpaired) electrons. The standard InChI is InChI=1S/C12H13N5O3/c1-8-4-9(2)6-10(5-8)16(7-18)17-11(12(19)20-3)13-14-15-17/h4-7H,1-3H3. The number of tetrazole rings is 1. The first-order valence-electron chi connectivity index (χ1n) is 5.76. The Labute approximate surface area is 114 Å². The zero-order chi connectivity index (χ0) is 14.7. The van der Waals surface area contributed by atoms with Gasteiger partial charge in [-0.25, -0.2) is 4.79 Å². The van der Waals surface area contributed by atoms with Gasteiger partial charge in [0.2, 0.25) is 6.41 Å². The molecule has 8 nitrogen and oxygen atoms in total. The van der Waals surface area contributed by atoms with Crippen molar-refractivity contribution in [2.45, 2.75) is 13.8 Å². The lowest BCUT2D eigenvalue weighted by Crippen LogP contribution is -2.32. The lowest BCUT2D eigenvalue weighted by atomic mass is 10.1. The van der Waals surface area contributed by atoms with Crippen LogP contribution in [0.4, 0.5) is 5.69 Å². The molecule has 0 bridgehead atoms. The quantitative estimate of drug-likeness (QED) is 0.596. The van der Waals surface area contributed by atoms with Crippen molar-refractivity contribution in [1.29, 1.82) is 0 Å². The average Bonchev–Trinajstić information content (AvgIpc) is 2.87. The van der Waals surface area contributed by atoms with E-state index in [4.69, 9.17) is 0 Å². The van der Waals surface area contributed by atoms with Gasteiger partial charge in [0.05, 0.1) is 12.8 Å². The molecule has 20 heavy (non-hydrogen) atoms. The normalized spacial score (nSPS) is 10.2. The molecule has 0 aliphatic carbocycles. The van der Waals surface area contributed by atoms with Crippen LogP contribution in [0.3, 0.4) is 0 Å². The fraction of sp³-hybridized carbons (Fsp3) is 0.250. The number of anilines is 1.